The van der Waals surface area contributed by atoms with Gasteiger partial charge in [0.25, 0.3) is 0 Å². The van der Waals surface area contributed by atoms with Crippen molar-refractivity contribution in [1.82, 2.24) is 10.2 Å². The average Bonchev–Trinajstić information content (AvgIpc) is 2.67. The molecule has 2 aromatic rings. The molecule has 0 fully saturated rings. The number of benzene rings is 2. The van der Waals surface area contributed by atoms with Gasteiger partial charge in [-0.2, -0.15) is 0 Å². The van der Waals surface area contributed by atoms with E-state index in [0.29, 0.717) is 13.0 Å². The highest BCUT2D eigenvalue weighted by molar-refractivity contribution is 5.77. The van der Waals surface area contributed by atoms with E-state index in [-0.39, 0.29) is 25.0 Å². The van der Waals surface area contributed by atoms with Crippen LogP contribution < -0.4 is 5.32 Å². The van der Waals surface area contributed by atoms with Gasteiger partial charge in [-0.3, -0.25) is 4.79 Å². The Morgan fingerprint density at radius 1 is 1.00 bits per heavy atom. The lowest BCUT2D eigenvalue weighted by Crippen LogP contribution is -2.39. The summed E-state index contributed by atoms with van der Waals surface area (Å²) in [5, 5.41) is 2.78. The van der Waals surface area contributed by atoms with Gasteiger partial charge in [-0.25, -0.2) is 4.79 Å². The number of nitrogens with one attached hydrogen (secondary N) is 1. The maximum absolute atomic E-state index is 12.4. The van der Waals surface area contributed by atoms with Crippen LogP contribution in [0.3, 0.4) is 0 Å². The third-order valence-corrected chi connectivity index (χ3v) is 4.14. The summed E-state index contributed by atoms with van der Waals surface area (Å²) in [5.74, 6) is -0.0101. The number of amides is 2. The highest BCUT2D eigenvalue weighted by Gasteiger charge is 2.18. The summed E-state index contributed by atoms with van der Waals surface area (Å²) in [6.45, 7) is 2.70. The summed E-state index contributed by atoms with van der Waals surface area (Å²) >= 11 is 0. The Bertz CT molecular complexity index is 689. The molecule has 0 saturated heterocycles. The van der Waals surface area contributed by atoms with Crippen molar-refractivity contribution < 1.29 is 14.3 Å². The van der Waals surface area contributed by atoms with Crippen LogP contribution in [-0.2, 0) is 22.7 Å². The molecule has 1 N–H and O–H groups in total. The minimum Gasteiger partial charge on any atom is -0.445 e. The van der Waals surface area contributed by atoms with Crippen LogP contribution in [0.2, 0.25) is 0 Å². The van der Waals surface area contributed by atoms with E-state index in [4.69, 9.17) is 4.74 Å². The highest BCUT2D eigenvalue weighted by Crippen LogP contribution is 2.08. The molecule has 0 radical (unpaired) electrons. The van der Waals surface area contributed by atoms with Gasteiger partial charge in [-0.15, -0.1) is 0 Å². The fourth-order valence-electron chi connectivity index (χ4n) is 2.54. The van der Waals surface area contributed by atoms with Crippen molar-refractivity contribution in [1.29, 1.82) is 0 Å². The number of hydrogen-bond donors (Lipinski definition) is 1. The Kier molecular flexibility index (Phi) is 7.68. The lowest BCUT2D eigenvalue weighted by molar-refractivity contribution is -0.130. The molecule has 5 heteroatoms. The molecular weight excluding hydrogens is 328 g/mol. The molecule has 0 bridgehead atoms. The quantitative estimate of drug-likeness (QED) is 0.786. The molecule has 0 saturated carbocycles. The Morgan fingerprint density at radius 3 is 2.15 bits per heavy atom. The van der Waals surface area contributed by atoms with Crippen molar-refractivity contribution in [2.75, 3.05) is 7.05 Å². The molecule has 5 nitrogen and oxygen atoms in total. The van der Waals surface area contributed by atoms with Crippen molar-refractivity contribution in [2.24, 2.45) is 0 Å². The standard InChI is InChI=1S/C21H26N2O3/c1-3-19(22-21(25)26-16-18-12-8-5-9-13-18)14-20(24)23(2)15-17-10-6-4-7-11-17/h4-13,19H,3,14-16H2,1-2H3,(H,22,25). The smallest absolute Gasteiger partial charge is 0.407 e. The number of alkyl carbamates (subject to hydrolysis) is 1. The SMILES string of the molecule is CCC(CC(=O)N(C)Cc1ccccc1)NC(=O)OCc1ccccc1. The Balaban J connectivity index is 1.78. The fraction of sp³-hybridized carbons (Fsp3) is 0.333. The molecular formula is C21H26N2O3. The van der Waals surface area contributed by atoms with Crippen LogP contribution in [0.5, 0.6) is 0 Å². The summed E-state index contributed by atoms with van der Waals surface area (Å²) in [6, 6.07) is 19.1. The number of ether oxygens (including phenoxy) is 1. The average molecular weight is 354 g/mol. The number of carbonyl (C=O) groups excluding carboxylic acids is 2. The van der Waals surface area contributed by atoms with Crippen LogP contribution in [0.4, 0.5) is 4.79 Å². The Labute approximate surface area is 155 Å². The van der Waals surface area contributed by atoms with Gasteiger partial charge in [0.15, 0.2) is 0 Å². The number of rotatable bonds is 8. The summed E-state index contributed by atoms with van der Waals surface area (Å²) < 4.78 is 5.22. The zero-order chi connectivity index (χ0) is 18.8. The van der Waals surface area contributed by atoms with Gasteiger partial charge in [-0.05, 0) is 17.5 Å². The molecule has 0 spiro atoms. The van der Waals surface area contributed by atoms with Gasteiger partial charge in [0.2, 0.25) is 5.91 Å². The first kappa shape index (κ1) is 19.5. The largest absolute Gasteiger partial charge is 0.445 e. The van der Waals surface area contributed by atoms with Gasteiger partial charge in [0.05, 0.1) is 0 Å². The lowest BCUT2D eigenvalue weighted by atomic mass is 10.1. The van der Waals surface area contributed by atoms with E-state index in [1.807, 2.05) is 67.6 Å². The summed E-state index contributed by atoms with van der Waals surface area (Å²) in [4.78, 5) is 26.1. The minimum absolute atomic E-state index is 0.0101. The second kappa shape index (κ2) is 10.2. The van der Waals surface area contributed by atoms with Crippen molar-refractivity contribution in [3.05, 3.63) is 71.8 Å². The summed E-state index contributed by atoms with van der Waals surface area (Å²) in [5.41, 5.74) is 2.00. The normalized spacial score (nSPS) is 11.5. The third-order valence-electron chi connectivity index (χ3n) is 4.14. The van der Waals surface area contributed by atoms with Crippen LogP contribution in [0.25, 0.3) is 0 Å². The van der Waals surface area contributed by atoms with Crippen molar-refractivity contribution >= 4 is 12.0 Å². The fourth-order valence-corrected chi connectivity index (χ4v) is 2.54. The van der Waals surface area contributed by atoms with E-state index < -0.39 is 6.09 Å². The molecule has 2 rings (SSSR count). The van der Waals surface area contributed by atoms with E-state index in [0.717, 1.165) is 11.1 Å². The molecule has 1 atom stereocenters. The maximum Gasteiger partial charge on any atom is 0.407 e. The van der Waals surface area contributed by atoms with Gasteiger partial charge in [0.1, 0.15) is 6.61 Å². The van der Waals surface area contributed by atoms with E-state index >= 15 is 0 Å². The topological polar surface area (TPSA) is 58.6 Å². The Morgan fingerprint density at radius 2 is 1.58 bits per heavy atom. The first-order chi connectivity index (χ1) is 12.6. The van der Waals surface area contributed by atoms with Crippen LogP contribution in [0, 0.1) is 0 Å². The molecule has 0 aliphatic carbocycles. The molecule has 0 aliphatic heterocycles. The molecule has 0 aromatic heterocycles. The van der Waals surface area contributed by atoms with E-state index in [1.165, 1.54) is 0 Å². The van der Waals surface area contributed by atoms with Crippen LogP contribution in [0.15, 0.2) is 60.7 Å². The van der Waals surface area contributed by atoms with Gasteiger partial charge in [-0.1, -0.05) is 67.6 Å². The molecule has 138 valence electrons. The van der Waals surface area contributed by atoms with Gasteiger partial charge < -0.3 is 15.0 Å². The van der Waals surface area contributed by atoms with Gasteiger partial charge in [0, 0.05) is 26.1 Å². The van der Waals surface area contributed by atoms with Crippen LogP contribution in [-0.4, -0.2) is 30.0 Å². The predicted molar refractivity (Wildman–Crippen MR) is 101 cm³/mol. The third kappa shape index (κ3) is 6.59. The molecule has 26 heavy (non-hydrogen) atoms. The molecule has 1 unspecified atom stereocenters. The second-order valence-corrected chi connectivity index (χ2v) is 6.25. The minimum atomic E-state index is -0.501. The summed E-state index contributed by atoms with van der Waals surface area (Å²) in [7, 11) is 1.77. The molecule has 0 aliphatic rings. The predicted octanol–water partition coefficient (Wildman–Crippen LogP) is 3.74. The molecule has 0 heterocycles. The summed E-state index contributed by atoms with van der Waals surface area (Å²) in [6.07, 6.45) is 0.408. The maximum atomic E-state index is 12.4. The number of nitrogens with zero attached hydrogens (tertiary/aromatic N) is 1. The zero-order valence-corrected chi connectivity index (χ0v) is 15.4. The second-order valence-electron chi connectivity index (χ2n) is 6.25. The van der Waals surface area contributed by atoms with E-state index in [2.05, 4.69) is 5.32 Å². The van der Waals surface area contributed by atoms with Crippen molar-refractivity contribution in [3.8, 4) is 0 Å². The van der Waals surface area contributed by atoms with Crippen molar-refractivity contribution in [3.63, 3.8) is 0 Å². The van der Waals surface area contributed by atoms with Gasteiger partial charge >= 0.3 is 6.09 Å². The number of carbonyl (C=O) groups is 2. The lowest BCUT2D eigenvalue weighted by Gasteiger charge is -2.21. The monoisotopic (exact) mass is 354 g/mol. The van der Waals surface area contributed by atoms with Crippen molar-refractivity contribution in [2.45, 2.75) is 39.0 Å². The zero-order valence-electron chi connectivity index (χ0n) is 15.4. The molecule has 2 aromatic carbocycles. The van der Waals surface area contributed by atoms with E-state index in [1.54, 1.807) is 11.9 Å². The Hall–Kier alpha value is -2.82. The van der Waals surface area contributed by atoms with Crippen LogP contribution in [0.1, 0.15) is 30.9 Å². The first-order valence-corrected chi connectivity index (χ1v) is 8.83. The van der Waals surface area contributed by atoms with E-state index in [9.17, 15) is 9.59 Å². The molecule has 2 amide bonds. The first-order valence-electron chi connectivity index (χ1n) is 8.83. The number of hydrogen-bond acceptors (Lipinski definition) is 3. The van der Waals surface area contributed by atoms with Crippen LogP contribution >= 0.6 is 0 Å². The highest BCUT2D eigenvalue weighted by atomic mass is 16.5.